The molecule has 0 aromatic heterocycles. The second-order valence-electron chi connectivity index (χ2n) is 3.09. The van der Waals surface area contributed by atoms with Crippen molar-refractivity contribution in [3.05, 3.63) is 12.2 Å². The van der Waals surface area contributed by atoms with Crippen LogP contribution < -0.4 is 0 Å². The lowest BCUT2D eigenvalue weighted by atomic mass is 10.1. The highest BCUT2D eigenvalue weighted by molar-refractivity contribution is 5.93. The number of rotatable bonds is 5. The number of aliphatic hydroxyl groups is 1. The molecule has 0 saturated heterocycles. The fourth-order valence-corrected chi connectivity index (χ4v) is 1.05. The van der Waals surface area contributed by atoms with Gasteiger partial charge < -0.3 is 10.0 Å². The van der Waals surface area contributed by atoms with Crippen LogP contribution in [0.4, 0.5) is 0 Å². The van der Waals surface area contributed by atoms with Crippen molar-refractivity contribution in [2.24, 2.45) is 0 Å². The van der Waals surface area contributed by atoms with Crippen molar-refractivity contribution in [3.8, 4) is 0 Å². The Morgan fingerprint density at radius 2 is 2.08 bits per heavy atom. The van der Waals surface area contributed by atoms with E-state index >= 15 is 0 Å². The summed E-state index contributed by atoms with van der Waals surface area (Å²) in [7, 11) is 0. The number of carbonyl (C=O) groups is 1. The van der Waals surface area contributed by atoms with Crippen molar-refractivity contribution in [1.29, 1.82) is 0 Å². The lowest BCUT2D eigenvalue weighted by Crippen LogP contribution is -2.34. The topological polar surface area (TPSA) is 40.5 Å². The van der Waals surface area contributed by atoms with Gasteiger partial charge in [-0.2, -0.15) is 0 Å². The summed E-state index contributed by atoms with van der Waals surface area (Å²) in [5.41, 5.74) is 0.273. The Labute approximate surface area is 80.0 Å². The first kappa shape index (κ1) is 12.2. The second-order valence-corrected chi connectivity index (χ2v) is 3.09. The number of hydrogen-bond donors (Lipinski definition) is 1. The maximum Gasteiger partial charge on any atom is 0.251 e. The minimum atomic E-state index is -0.751. The zero-order valence-corrected chi connectivity index (χ0v) is 8.71. The zero-order valence-electron chi connectivity index (χ0n) is 8.71. The molecule has 0 saturated carbocycles. The maximum absolute atomic E-state index is 11.6. The Morgan fingerprint density at radius 3 is 2.38 bits per heavy atom. The predicted molar refractivity (Wildman–Crippen MR) is 53.4 cm³/mol. The summed E-state index contributed by atoms with van der Waals surface area (Å²) in [6.07, 6.45) is 0.172. The molecule has 0 spiro atoms. The molecule has 3 heteroatoms. The molecule has 0 heterocycles. The average molecular weight is 185 g/mol. The third-order valence-electron chi connectivity index (χ3n) is 1.94. The van der Waals surface area contributed by atoms with Gasteiger partial charge in [-0.25, -0.2) is 0 Å². The van der Waals surface area contributed by atoms with Crippen LogP contribution in [0.3, 0.4) is 0 Å². The smallest absolute Gasteiger partial charge is 0.251 e. The number of carbonyl (C=O) groups excluding carboxylic acids is 1. The molecule has 76 valence electrons. The van der Waals surface area contributed by atoms with Gasteiger partial charge in [0.15, 0.2) is 0 Å². The second kappa shape index (κ2) is 5.75. The number of nitrogens with zero attached hydrogens (tertiary/aromatic N) is 1. The van der Waals surface area contributed by atoms with E-state index in [1.54, 1.807) is 11.8 Å². The highest BCUT2D eigenvalue weighted by Crippen LogP contribution is 2.05. The summed E-state index contributed by atoms with van der Waals surface area (Å²) in [5.74, 6) is -0.139. The van der Waals surface area contributed by atoms with Crippen LogP contribution in [0.5, 0.6) is 0 Å². The molecule has 0 aliphatic heterocycles. The van der Waals surface area contributed by atoms with Crippen LogP contribution in [-0.4, -0.2) is 35.1 Å². The first-order valence-electron chi connectivity index (χ1n) is 4.70. The van der Waals surface area contributed by atoms with Crippen LogP contribution in [0.2, 0.25) is 0 Å². The normalized spacial score (nSPS) is 12.3. The third kappa shape index (κ3) is 3.59. The minimum Gasteiger partial charge on any atom is -0.389 e. The van der Waals surface area contributed by atoms with Gasteiger partial charge in [0.1, 0.15) is 0 Å². The molecule has 1 amide bonds. The number of aliphatic hydroxyl groups excluding tert-OH is 1. The van der Waals surface area contributed by atoms with Gasteiger partial charge in [0.05, 0.1) is 6.10 Å². The van der Waals surface area contributed by atoms with Gasteiger partial charge in [-0.1, -0.05) is 13.5 Å². The Kier molecular flexibility index (Phi) is 5.39. The molecule has 0 aliphatic rings. The van der Waals surface area contributed by atoms with E-state index in [-0.39, 0.29) is 11.5 Å². The fraction of sp³-hybridized carbons (Fsp3) is 0.700. The van der Waals surface area contributed by atoms with E-state index in [9.17, 15) is 4.79 Å². The summed E-state index contributed by atoms with van der Waals surface area (Å²) >= 11 is 0. The first-order chi connectivity index (χ1) is 6.04. The Bertz CT molecular complexity index is 187. The molecule has 3 nitrogen and oxygen atoms in total. The van der Waals surface area contributed by atoms with E-state index in [0.717, 1.165) is 13.0 Å². The van der Waals surface area contributed by atoms with Gasteiger partial charge in [0.25, 0.3) is 5.91 Å². The Morgan fingerprint density at radius 1 is 1.54 bits per heavy atom. The van der Waals surface area contributed by atoms with Crippen LogP contribution in [0.15, 0.2) is 12.2 Å². The maximum atomic E-state index is 11.6. The van der Waals surface area contributed by atoms with Gasteiger partial charge in [-0.05, 0) is 20.3 Å². The number of likely N-dealkylation sites (N-methyl/N-ethyl adjacent to an activating group) is 1. The number of amides is 1. The van der Waals surface area contributed by atoms with Crippen LogP contribution in [-0.2, 0) is 4.79 Å². The molecular formula is C10H19NO2. The summed E-state index contributed by atoms with van der Waals surface area (Å²) < 4.78 is 0. The number of hydrogen-bond acceptors (Lipinski definition) is 2. The van der Waals surface area contributed by atoms with E-state index in [1.807, 2.05) is 13.8 Å². The van der Waals surface area contributed by atoms with Gasteiger partial charge in [0, 0.05) is 18.7 Å². The van der Waals surface area contributed by atoms with Gasteiger partial charge in [0.2, 0.25) is 0 Å². The zero-order chi connectivity index (χ0) is 10.4. The van der Waals surface area contributed by atoms with E-state index in [4.69, 9.17) is 5.11 Å². The van der Waals surface area contributed by atoms with Crippen LogP contribution in [0.25, 0.3) is 0 Å². The van der Waals surface area contributed by atoms with Crippen molar-refractivity contribution in [1.82, 2.24) is 4.90 Å². The van der Waals surface area contributed by atoms with Crippen molar-refractivity contribution < 1.29 is 9.90 Å². The molecule has 1 atom stereocenters. The molecule has 0 rings (SSSR count). The van der Waals surface area contributed by atoms with E-state index < -0.39 is 6.10 Å². The molecule has 1 unspecified atom stereocenters. The van der Waals surface area contributed by atoms with Gasteiger partial charge >= 0.3 is 0 Å². The largest absolute Gasteiger partial charge is 0.389 e. The molecule has 1 N–H and O–H groups in total. The molecule has 13 heavy (non-hydrogen) atoms. The van der Waals surface area contributed by atoms with E-state index in [0.29, 0.717) is 6.54 Å². The highest BCUT2D eigenvalue weighted by Gasteiger charge is 2.17. The lowest BCUT2D eigenvalue weighted by molar-refractivity contribution is -0.127. The lowest BCUT2D eigenvalue weighted by Gasteiger charge is -2.22. The van der Waals surface area contributed by atoms with Crippen LogP contribution >= 0.6 is 0 Å². The monoisotopic (exact) mass is 185 g/mol. The molecule has 0 aliphatic carbocycles. The SMILES string of the molecule is C=C(C(=O)N(CC)CCC)C(C)O. The molecule has 0 fully saturated rings. The fourth-order valence-electron chi connectivity index (χ4n) is 1.05. The third-order valence-corrected chi connectivity index (χ3v) is 1.94. The molecular weight excluding hydrogens is 166 g/mol. The van der Waals surface area contributed by atoms with Crippen molar-refractivity contribution in [2.45, 2.75) is 33.3 Å². The molecule has 0 radical (unpaired) electrons. The standard InChI is InChI=1S/C10H19NO2/c1-5-7-11(6-2)10(13)8(3)9(4)12/h9,12H,3,5-7H2,1-2,4H3. The van der Waals surface area contributed by atoms with Crippen molar-refractivity contribution >= 4 is 5.91 Å². The Balaban J connectivity index is 4.28. The van der Waals surface area contributed by atoms with Gasteiger partial charge in [-0.15, -0.1) is 0 Å². The molecule has 0 aromatic rings. The summed E-state index contributed by atoms with van der Waals surface area (Å²) in [4.78, 5) is 13.3. The predicted octanol–water partition coefficient (Wildman–Crippen LogP) is 1.18. The summed E-state index contributed by atoms with van der Waals surface area (Å²) in [6, 6.07) is 0. The minimum absolute atomic E-state index is 0.139. The van der Waals surface area contributed by atoms with E-state index in [1.165, 1.54) is 0 Å². The summed E-state index contributed by atoms with van der Waals surface area (Å²) in [6.45, 7) is 10.4. The average Bonchev–Trinajstić information content (AvgIpc) is 2.11. The molecule has 0 bridgehead atoms. The van der Waals surface area contributed by atoms with Crippen LogP contribution in [0, 0.1) is 0 Å². The molecule has 0 aromatic carbocycles. The van der Waals surface area contributed by atoms with E-state index in [2.05, 4.69) is 6.58 Å². The first-order valence-corrected chi connectivity index (χ1v) is 4.70. The van der Waals surface area contributed by atoms with Crippen molar-refractivity contribution in [3.63, 3.8) is 0 Å². The highest BCUT2D eigenvalue weighted by atomic mass is 16.3. The van der Waals surface area contributed by atoms with Gasteiger partial charge in [-0.3, -0.25) is 4.79 Å². The van der Waals surface area contributed by atoms with Crippen LogP contribution in [0.1, 0.15) is 27.2 Å². The summed E-state index contributed by atoms with van der Waals surface area (Å²) in [5, 5.41) is 9.16. The van der Waals surface area contributed by atoms with Crippen molar-refractivity contribution in [2.75, 3.05) is 13.1 Å². The Hall–Kier alpha value is -0.830. The quantitative estimate of drug-likeness (QED) is 0.653.